The van der Waals surface area contributed by atoms with Gasteiger partial charge >= 0.3 is 5.97 Å². The van der Waals surface area contributed by atoms with E-state index in [1.54, 1.807) is 13.0 Å². The highest BCUT2D eigenvalue weighted by atomic mass is 16.4. The number of aryl methyl sites for hydroxylation is 1. The molecular formula is C9H11NO2. The molecule has 0 saturated carbocycles. The number of anilines is 1. The van der Waals surface area contributed by atoms with E-state index in [2.05, 4.69) is 0 Å². The lowest BCUT2D eigenvalue weighted by molar-refractivity contribution is 0.0697. The van der Waals surface area contributed by atoms with Crippen molar-refractivity contribution in [2.45, 2.75) is 13.8 Å². The Bertz CT molecular complexity index is 332. The number of carboxylic acids is 1. The van der Waals surface area contributed by atoms with E-state index >= 15 is 0 Å². The van der Waals surface area contributed by atoms with Crippen molar-refractivity contribution in [3.8, 4) is 0 Å². The van der Waals surface area contributed by atoms with Crippen molar-refractivity contribution >= 4 is 11.7 Å². The van der Waals surface area contributed by atoms with Gasteiger partial charge in [-0.2, -0.15) is 0 Å². The molecule has 0 fully saturated rings. The van der Waals surface area contributed by atoms with Crippen LogP contribution in [0.5, 0.6) is 0 Å². The number of carboxylic acid groups (broad SMARTS) is 1. The molecule has 0 aliphatic carbocycles. The van der Waals surface area contributed by atoms with E-state index in [9.17, 15) is 4.79 Å². The molecule has 0 saturated heterocycles. The van der Waals surface area contributed by atoms with E-state index in [4.69, 9.17) is 10.8 Å². The summed E-state index contributed by atoms with van der Waals surface area (Å²) in [4.78, 5) is 10.7. The molecule has 3 N–H and O–H groups in total. The minimum absolute atomic E-state index is 0.218. The van der Waals surface area contributed by atoms with Crippen molar-refractivity contribution < 1.29 is 9.90 Å². The van der Waals surface area contributed by atoms with Crippen molar-refractivity contribution in [2.24, 2.45) is 0 Å². The van der Waals surface area contributed by atoms with Crippen LogP contribution in [-0.4, -0.2) is 11.1 Å². The van der Waals surface area contributed by atoms with Crippen LogP contribution in [-0.2, 0) is 0 Å². The molecule has 1 aromatic rings. The second kappa shape index (κ2) is 2.85. The summed E-state index contributed by atoms with van der Waals surface area (Å²) >= 11 is 0. The predicted molar refractivity (Wildman–Crippen MR) is 47.3 cm³/mol. The van der Waals surface area contributed by atoms with Crippen LogP contribution >= 0.6 is 0 Å². The standard InChI is InChI=1S/C9H11NO2/c1-5-3-4-7(10)8(6(5)2)9(11)12/h3-4H,10H2,1-2H3,(H,11,12). The van der Waals surface area contributed by atoms with Gasteiger partial charge in [-0.1, -0.05) is 6.07 Å². The first kappa shape index (κ1) is 8.59. The normalized spacial score (nSPS) is 9.83. The molecule has 0 amide bonds. The van der Waals surface area contributed by atoms with E-state index < -0.39 is 5.97 Å². The molecular weight excluding hydrogens is 154 g/mol. The Kier molecular flexibility index (Phi) is 2.04. The van der Waals surface area contributed by atoms with Gasteiger partial charge in [0.15, 0.2) is 0 Å². The molecule has 0 atom stereocenters. The van der Waals surface area contributed by atoms with Gasteiger partial charge in [-0.3, -0.25) is 0 Å². The van der Waals surface area contributed by atoms with E-state index in [0.717, 1.165) is 11.1 Å². The lowest BCUT2D eigenvalue weighted by atomic mass is 10.0. The Labute approximate surface area is 70.8 Å². The number of hydrogen-bond acceptors (Lipinski definition) is 2. The highest BCUT2D eigenvalue weighted by Crippen LogP contribution is 2.19. The number of aromatic carboxylic acids is 1. The van der Waals surface area contributed by atoms with Crippen LogP contribution in [0, 0.1) is 13.8 Å². The first-order chi connectivity index (χ1) is 5.54. The van der Waals surface area contributed by atoms with E-state index in [1.165, 1.54) is 0 Å². The predicted octanol–water partition coefficient (Wildman–Crippen LogP) is 1.58. The fourth-order valence-electron chi connectivity index (χ4n) is 1.12. The molecule has 0 radical (unpaired) electrons. The largest absolute Gasteiger partial charge is 0.478 e. The van der Waals surface area contributed by atoms with Gasteiger partial charge in [0, 0.05) is 5.69 Å². The van der Waals surface area contributed by atoms with Crippen LogP contribution in [0.3, 0.4) is 0 Å². The number of rotatable bonds is 1. The number of nitrogen functional groups attached to an aromatic ring is 1. The van der Waals surface area contributed by atoms with Gasteiger partial charge in [0.25, 0.3) is 0 Å². The van der Waals surface area contributed by atoms with Crippen LogP contribution in [0.4, 0.5) is 5.69 Å². The highest BCUT2D eigenvalue weighted by Gasteiger charge is 2.11. The second-order valence-corrected chi connectivity index (χ2v) is 2.78. The Morgan fingerprint density at radius 1 is 1.42 bits per heavy atom. The molecule has 0 aliphatic heterocycles. The van der Waals surface area contributed by atoms with E-state index in [1.807, 2.05) is 13.0 Å². The number of benzene rings is 1. The van der Waals surface area contributed by atoms with Crippen LogP contribution in [0.25, 0.3) is 0 Å². The molecule has 0 heterocycles. The minimum Gasteiger partial charge on any atom is -0.478 e. The summed E-state index contributed by atoms with van der Waals surface area (Å²) in [5, 5.41) is 8.79. The molecule has 0 bridgehead atoms. The molecule has 0 unspecified atom stereocenters. The molecule has 0 aromatic heterocycles. The molecule has 1 rings (SSSR count). The third kappa shape index (κ3) is 1.25. The van der Waals surface area contributed by atoms with Crippen LogP contribution in [0.1, 0.15) is 21.5 Å². The van der Waals surface area contributed by atoms with Crippen molar-refractivity contribution in [1.29, 1.82) is 0 Å². The maximum Gasteiger partial charge on any atom is 0.338 e. The topological polar surface area (TPSA) is 63.3 Å². The van der Waals surface area contributed by atoms with Gasteiger partial charge in [0.1, 0.15) is 0 Å². The fourth-order valence-corrected chi connectivity index (χ4v) is 1.12. The summed E-state index contributed by atoms with van der Waals surface area (Å²) in [6, 6.07) is 3.43. The Morgan fingerprint density at radius 2 is 2.00 bits per heavy atom. The average Bonchev–Trinajstić information content (AvgIpc) is 1.97. The SMILES string of the molecule is Cc1ccc(N)c(C(=O)O)c1C. The van der Waals surface area contributed by atoms with E-state index in [0.29, 0.717) is 5.69 Å². The Balaban J connectivity index is 3.43. The van der Waals surface area contributed by atoms with Gasteiger partial charge in [-0.05, 0) is 31.0 Å². The fraction of sp³-hybridized carbons (Fsp3) is 0.222. The van der Waals surface area contributed by atoms with Gasteiger partial charge in [0.05, 0.1) is 5.56 Å². The zero-order chi connectivity index (χ0) is 9.30. The van der Waals surface area contributed by atoms with Crippen molar-refractivity contribution in [3.05, 3.63) is 28.8 Å². The number of hydrogen-bond donors (Lipinski definition) is 2. The lowest BCUT2D eigenvalue weighted by Crippen LogP contribution is -2.05. The first-order valence-corrected chi connectivity index (χ1v) is 3.63. The summed E-state index contributed by atoms with van der Waals surface area (Å²) in [6.45, 7) is 3.62. The molecule has 3 nitrogen and oxygen atoms in total. The quantitative estimate of drug-likeness (QED) is 0.621. The summed E-state index contributed by atoms with van der Waals surface area (Å²) in [6.07, 6.45) is 0. The van der Waals surface area contributed by atoms with Crippen LogP contribution in [0.2, 0.25) is 0 Å². The monoisotopic (exact) mass is 165 g/mol. The minimum atomic E-state index is -0.964. The third-order valence-electron chi connectivity index (χ3n) is 1.98. The smallest absolute Gasteiger partial charge is 0.338 e. The Morgan fingerprint density at radius 3 is 2.42 bits per heavy atom. The van der Waals surface area contributed by atoms with Crippen LogP contribution < -0.4 is 5.73 Å². The molecule has 0 aliphatic rings. The van der Waals surface area contributed by atoms with Crippen LogP contribution in [0.15, 0.2) is 12.1 Å². The lowest BCUT2D eigenvalue weighted by Gasteiger charge is -2.06. The average molecular weight is 165 g/mol. The van der Waals surface area contributed by atoms with Gasteiger partial charge in [-0.25, -0.2) is 4.79 Å². The number of carbonyl (C=O) groups is 1. The highest BCUT2D eigenvalue weighted by molar-refractivity contribution is 5.95. The molecule has 64 valence electrons. The van der Waals surface area contributed by atoms with Crippen molar-refractivity contribution in [2.75, 3.05) is 5.73 Å². The van der Waals surface area contributed by atoms with Gasteiger partial charge in [0.2, 0.25) is 0 Å². The zero-order valence-electron chi connectivity index (χ0n) is 7.09. The molecule has 12 heavy (non-hydrogen) atoms. The second-order valence-electron chi connectivity index (χ2n) is 2.78. The summed E-state index contributed by atoms with van der Waals surface area (Å²) in [5.41, 5.74) is 7.74. The van der Waals surface area contributed by atoms with E-state index in [-0.39, 0.29) is 5.56 Å². The molecule has 1 aromatic carbocycles. The Hall–Kier alpha value is -1.51. The summed E-state index contributed by atoms with van der Waals surface area (Å²) in [7, 11) is 0. The third-order valence-corrected chi connectivity index (χ3v) is 1.98. The zero-order valence-corrected chi connectivity index (χ0v) is 7.09. The first-order valence-electron chi connectivity index (χ1n) is 3.63. The maximum absolute atomic E-state index is 10.7. The van der Waals surface area contributed by atoms with Crippen molar-refractivity contribution in [1.82, 2.24) is 0 Å². The van der Waals surface area contributed by atoms with Gasteiger partial charge in [-0.15, -0.1) is 0 Å². The van der Waals surface area contributed by atoms with Gasteiger partial charge < -0.3 is 10.8 Å². The molecule has 3 heteroatoms. The van der Waals surface area contributed by atoms with Crippen molar-refractivity contribution in [3.63, 3.8) is 0 Å². The summed E-state index contributed by atoms with van der Waals surface area (Å²) < 4.78 is 0. The molecule has 0 spiro atoms. The summed E-state index contributed by atoms with van der Waals surface area (Å²) in [5.74, 6) is -0.964. The maximum atomic E-state index is 10.7. The number of nitrogens with two attached hydrogens (primary N) is 1.